The Bertz CT molecular complexity index is 569. The van der Waals surface area contributed by atoms with E-state index in [1.54, 1.807) is 12.1 Å². The highest BCUT2D eigenvalue weighted by Crippen LogP contribution is 2.21. The zero-order valence-corrected chi connectivity index (χ0v) is 13.1. The minimum absolute atomic E-state index is 0.201. The van der Waals surface area contributed by atoms with Crippen molar-refractivity contribution in [3.05, 3.63) is 70.2 Å². The second-order valence-electron chi connectivity index (χ2n) is 4.77. The van der Waals surface area contributed by atoms with E-state index in [-0.39, 0.29) is 5.92 Å². The Morgan fingerprint density at radius 2 is 1.70 bits per heavy atom. The summed E-state index contributed by atoms with van der Waals surface area (Å²) in [4.78, 5) is 0. The van der Waals surface area contributed by atoms with Gasteiger partial charge in [-0.3, -0.25) is 0 Å². The maximum atomic E-state index is 13.7. The van der Waals surface area contributed by atoms with Gasteiger partial charge in [-0.25, -0.2) is 8.78 Å². The van der Waals surface area contributed by atoms with Gasteiger partial charge in [-0.05, 0) is 48.1 Å². The first-order valence-electron chi connectivity index (χ1n) is 6.33. The fourth-order valence-corrected chi connectivity index (χ4v) is 2.74. The van der Waals surface area contributed by atoms with E-state index in [9.17, 15) is 8.78 Å². The van der Waals surface area contributed by atoms with Crippen LogP contribution in [0.2, 0.25) is 5.02 Å². The first kappa shape index (κ1) is 15.5. The second kappa shape index (κ2) is 7.19. The van der Waals surface area contributed by atoms with Crippen molar-refractivity contribution in [1.29, 1.82) is 0 Å². The fourth-order valence-electron chi connectivity index (χ4n) is 2.15. The summed E-state index contributed by atoms with van der Waals surface area (Å²) in [5.74, 6) is -1.33. The topological polar surface area (TPSA) is 0 Å². The molecule has 20 heavy (non-hydrogen) atoms. The molecule has 2 aromatic rings. The highest BCUT2D eigenvalue weighted by atomic mass is 79.9. The maximum absolute atomic E-state index is 13.7. The SMILES string of the molecule is Fc1cccc(CC(CBr)Cc2ccc(Cl)cc2)c1F. The Balaban J connectivity index is 2.09. The third kappa shape index (κ3) is 4.03. The summed E-state index contributed by atoms with van der Waals surface area (Å²) in [5, 5.41) is 1.42. The molecule has 0 bridgehead atoms. The molecule has 0 aromatic heterocycles. The highest BCUT2D eigenvalue weighted by Gasteiger charge is 2.14. The van der Waals surface area contributed by atoms with Crippen LogP contribution < -0.4 is 0 Å². The molecule has 106 valence electrons. The van der Waals surface area contributed by atoms with Crippen LogP contribution in [0.15, 0.2) is 42.5 Å². The van der Waals surface area contributed by atoms with E-state index in [2.05, 4.69) is 15.9 Å². The van der Waals surface area contributed by atoms with Crippen LogP contribution in [0.3, 0.4) is 0 Å². The number of halogens is 4. The first-order chi connectivity index (χ1) is 9.60. The molecule has 1 unspecified atom stereocenters. The molecular formula is C16H14BrClF2. The third-order valence-electron chi connectivity index (χ3n) is 3.20. The molecule has 0 aliphatic heterocycles. The molecule has 0 saturated carbocycles. The van der Waals surface area contributed by atoms with Crippen LogP contribution in [0.1, 0.15) is 11.1 Å². The largest absolute Gasteiger partial charge is 0.204 e. The quantitative estimate of drug-likeness (QED) is 0.626. The molecule has 0 aliphatic rings. The molecule has 0 saturated heterocycles. The molecule has 0 nitrogen and oxygen atoms in total. The van der Waals surface area contributed by atoms with Crippen molar-refractivity contribution in [2.75, 3.05) is 5.33 Å². The van der Waals surface area contributed by atoms with Crippen LogP contribution in [-0.4, -0.2) is 5.33 Å². The smallest absolute Gasteiger partial charge is 0.162 e. The van der Waals surface area contributed by atoms with Gasteiger partial charge in [-0.2, -0.15) is 0 Å². The van der Waals surface area contributed by atoms with Gasteiger partial charge >= 0.3 is 0 Å². The summed E-state index contributed by atoms with van der Waals surface area (Å²) in [6.07, 6.45) is 1.29. The average molecular weight is 360 g/mol. The monoisotopic (exact) mass is 358 g/mol. The van der Waals surface area contributed by atoms with Gasteiger partial charge in [0.1, 0.15) is 0 Å². The molecule has 4 heteroatoms. The highest BCUT2D eigenvalue weighted by molar-refractivity contribution is 9.09. The third-order valence-corrected chi connectivity index (χ3v) is 4.36. The van der Waals surface area contributed by atoms with E-state index in [1.165, 1.54) is 0 Å². The zero-order valence-electron chi connectivity index (χ0n) is 10.8. The normalized spacial score (nSPS) is 12.4. The fraction of sp³-hybridized carbons (Fsp3) is 0.250. The van der Waals surface area contributed by atoms with Crippen LogP contribution >= 0.6 is 27.5 Å². The number of benzene rings is 2. The van der Waals surface area contributed by atoms with Gasteiger partial charge in [-0.15, -0.1) is 0 Å². The molecule has 2 rings (SSSR count). The Labute approximate surface area is 130 Å². The molecule has 0 radical (unpaired) electrons. The van der Waals surface area contributed by atoms with Gasteiger partial charge in [-0.1, -0.05) is 51.8 Å². The van der Waals surface area contributed by atoms with Crippen molar-refractivity contribution in [3.8, 4) is 0 Å². The molecular weight excluding hydrogens is 346 g/mol. The van der Waals surface area contributed by atoms with Crippen molar-refractivity contribution in [2.24, 2.45) is 5.92 Å². The van der Waals surface area contributed by atoms with Crippen LogP contribution in [0.5, 0.6) is 0 Å². The summed E-state index contributed by atoms with van der Waals surface area (Å²) in [6.45, 7) is 0. The number of hydrogen-bond acceptors (Lipinski definition) is 0. The standard InChI is InChI=1S/C16H14BrClF2/c17-10-12(8-11-4-6-14(18)7-5-11)9-13-2-1-3-15(19)16(13)20/h1-7,12H,8-10H2. The van der Waals surface area contributed by atoms with Crippen molar-refractivity contribution in [1.82, 2.24) is 0 Å². The molecule has 0 fully saturated rings. The summed E-state index contributed by atoms with van der Waals surface area (Å²) >= 11 is 9.30. The van der Waals surface area contributed by atoms with E-state index in [0.29, 0.717) is 17.0 Å². The van der Waals surface area contributed by atoms with Gasteiger partial charge in [0.05, 0.1) is 0 Å². The van der Waals surface area contributed by atoms with Crippen LogP contribution in [0, 0.1) is 17.6 Å². The second-order valence-corrected chi connectivity index (χ2v) is 5.85. The summed E-state index contributed by atoms with van der Waals surface area (Å²) in [7, 11) is 0. The summed E-state index contributed by atoms with van der Waals surface area (Å²) in [5.41, 5.74) is 1.55. The van der Waals surface area contributed by atoms with Crippen molar-refractivity contribution >= 4 is 27.5 Å². The number of alkyl halides is 1. The lowest BCUT2D eigenvalue weighted by molar-refractivity contribution is 0.485. The predicted molar refractivity (Wildman–Crippen MR) is 82.5 cm³/mol. The van der Waals surface area contributed by atoms with Crippen molar-refractivity contribution in [3.63, 3.8) is 0 Å². The van der Waals surface area contributed by atoms with Gasteiger partial charge in [0.25, 0.3) is 0 Å². The summed E-state index contributed by atoms with van der Waals surface area (Å²) in [6, 6.07) is 11.9. The lowest BCUT2D eigenvalue weighted by atomic mass is 9.94. The predicted octanol–water partition coefficient (Wildman–Crippen LogP) is 5.41. The Morgan fingerprint density at radius 3 is 2.35 bits per heavy atom. The molecule has 0 amide bonds. The Morgan fingerprint density at radius 1 is 1.00 bits per heavy atom. The van der Waals surface area contributed by atoms with Gasteiger partial charge in [0, 0.05) is 10.4 Å². The number of rotatable bonds is 5. The van der Waals surface area contributed by atoms with Gasteiger partial charge < -0.3 is 0 Å². The molecule has 0 aliphatic carbocycles. The molecule has 0 N–H and O–H groups in total. The molecule has 1 atom stereocenters. The van der Waals surface area contributed by atoms with E-state index < -0.39 is 11.6 Å². The molecule has 0 heterocycles. The maximum Gasteiger partial charge on any atom is 0.162 e. The zero-order chi connectivity index (χ0) is 14.5. The summed E-state index contributed by atoms with van der Waals surface area (Å²) < 4.78 is 26.9. The average Bonchev–Trinajstić information content (AvgIpc) is 2.45. The van der Waals surface area contributed by atoms with Crippen molar-refractivity contribution < 1.29 is 8.78 Å². The van der Waals surface area contributed by atoms with Crippen LogP contribution in [-0.2, 0) is 12.8 Å². The lowest BCUT2D eigenvalue weighted by Crippen LogP contribution is -2.11. The van der Waals surface area contributed by atoms with Gasteiger partial charge in [0.15, 0.2) is 11.6 Å². The van der Waals surface area contributed by atoms with Crippen LogP contribution in [0.4, 0.5) is 8.78 Å². The number of hydrogen-bond donors (Lipinski definition) is 0. The van der Waals surface area contributed by atoms with E-state index in [4.69, 9.17) is 11.6 Å². The van der Waals surface area contributed by atoms with Gasteiger partial charge in [0.2, 0.25) is 0 Å². The van der Waals surface area contributed by atoms with E-state index in [0.717, 1.165) is 23.4 Å². The van der Waals surface area contributed by atoms with Crippen molar-refractivity contribution in [2.45, 2.75) is 12.8 Å². The van der Waals surface area contributed by atoms with E-state index >= 15 is 0 Å². The van der Waals surface area contributed by atoms with E-state index in [1.807, 2.05) is 24.3 Å². The van der Waals surface area contributed by atoms with Crippen LogP contribution in [0.25, 0.3) is 0 Å². The Kier molecular flexibility index (Phi) is 5.55. The Hall–Kier alpha value is -0.930. The lowest BCUT2D eigenvalue weighted by Gasteiger charge is -2.15. The molecule has 0 spiro atoms. The minimum Gasteiger partial charge on any atom is -0.204 e. The molecule has 2 aromatic carbocycles. The first-order valence-corrected chi connectivity index (χ1v) is 7.83. The minimum atomic E-state index is -0.790.